The first-order valence-corrected chi connectivity index (χ1v) is 10.7. The lowest BCUT2D eigenvalue weighted by molar-refractivity contribution is -0.215. The van der Waals surface area contributed by atoms with Crippen molar-refractivity contribution in [3.8, 4) is 6.07 Å². The largest absolute Gasteiger partial charge is 0.377 e. The molecular formula is C23H25Cl2NO3. The van der Waals surface area contributed by atoms with E-state index in [0.29, 0.717) is 48.3 Å². The molecule has 1 fully saturated rings. The topological polar surface area (TPSA) is 51.5 Å². The zero-order valence-electron chi connectivity index (χ0n) is 16.3. The van der Waals surface area contributed by atoms with Crippen LogP contribution in [0.15, 0.2) is 48.5 Å². The average molecular weight is 434 g/mol. The van der Waals surface area contributed by atoms with Gasteiger partial charge in [0.15, 0.2) is 11.9 Å². The van der Waals surface area contributed by atoms with Gasteiger partial charge in [0.1, 0.15) is 6.07 Å². The van der Waals surface area contributed by atoms with E-state index >= 15 is 0 Å². The molecule has 1 aliphatic heterocycles. The van der Waals surface area contributed by atoms with Crippen LogP contribution in [0.1, 0.15) is 43.2 Å². The fraction of sp³-hybridized carbons (Fsp3) is 0.435. The summed E-state index contributed by atoms with van der Waals surface area (Å²) in [6.07, 6.45) is 3.54. The van der Waals surface area contributed by atoms with Gasteiger partial charge in [-0.3, -0.25) is 0 Å². The quantitative estimate of drug-likeness (QED) is 0.438. The standard InChI is InChI=1S/C23H25Cl2NO3/c24-20-11-10-19(15-21(20)25)23(17-26,29-22-9-4-5-14-28-22)12-6-13-27-16-18-7-2-1-3-8-18/h1-3,7-8,10-11,15,22H,4-6,9,12-14,16H2. The molecule has 154 valence electrons. The first-order chi connectivity index (χ1) is 14.1. The van der Waals surface area contributed by atoms with Gasteiger partial charge in [-0.15, -0.1) is 0 Å². The van der Waals surface area contributed by atoms with E-state index in [1.165, 1.54) is 0 Å². The van der Waals surface area contributed by atoms with Crippen molar-refractivity contribution in [1.29, 1.82) is 5.26 Å². The van der Waals surface area contributed by atoms with Gasteiger partial charge >= 0.3 is 0 Å². The van der Waals surface area contributed by atoms with E-state index < -0.39 is 11.9 Å². The van der Waals surface area contributed by atoms with Crippen LogP contribution in [-0.2, 0) is 26.4 Å². The Morgan fingerprint density at radius 2 is 1.93 bits per heavy atom. The Hall–Kier alpha value is -1.61. The summed E-state index contributed by atoms with van der Waals surface area (Å²) in [7, 11) is 0. The van der Waals surface area contributed by atoms with Crippen molar-refractivity contribution in [1.82, 2.24) is 0 Å². The zero-order valence-corrected chi connectivity index (χ0v) is 17.8. The molecule has 2 aromatic carbocycles. The van der Waals surface area contributed by atoms with Crippen molar-refractivity contribution < 1.29 is 14.2 Å². The molecular weight excluding hydrogens is 409 g/mol. The van der Waals surface area contributed by atoms with Gasteiger partial charge in [-0.2, -0.15) is 5.26 Å². The van der Waals surface area contributed by atoms with E-state index in [-0.39, 0.29) is 0 Å². The lowest BCUT2D eigenvalue weighted by Gasteiger charge is -2.34. The number of nitrogens with zero attached hydrogens (tertiary/aromatic N) is 1. The first-order valence-electron chi connectivity index (χ1n) is 9.91. The summed E-state index contributed by atoms with van der Waals surface area (Å²) in [6, 6.07) is 17.6. The molecule has 0 spiro atoms. The summed E-state index contributed by atoms with van der Waals surface area (Å²) >= 11 is 12.3. The van der Waals surface area contributed by atoms with E-state index in [0.717, 1.165) is 24.8 Å². The molecule has 2 atom stereocenters. The van der Waals surface area contributed by atoms with E-state index in [1.807, 2.05) is 30.3 Å². The van der Waals surface area contributed by atoms with Crippen LogP contribution in [0.3, 0.4) is 0 Å². The SMILES string of the molecule is N#CC(CCCOCc1ccccc1)(OC1CCCCO1)c1ccc(Cl)c(Cl)c1. The van der Waals surface area contributed by atoms with Crippen LogP contribution >= 0.6 is 23.2 Å². The summed E-state index contributed by atoms with van der Waals surface area (Å²) in [5, 5.41) is 11.0. The highest BCUT2D eigenvalue weighted by atomic mass is 35.5. The number of hydrogen-bond donors (Lipinski definition) is 0. The maximum atomic E-state index is 10.1. The van der Waals surface area contributed by atoms with Gasteiger partial charge < -0.3 is 14.2 Å². The maximum Gasteiger partial charge on any atom is 0.182 e. The van der Waals surface area contributed by atoms with Gasteiger partial charge in [0, 0.05) is 13.2 Å². The third-order valence-electron chi connectivity index (χ3n) is 4.97. The molecule has 0 N–H and O–H groups in total. The highest BCUT2D eigenvalue weighted by Gasteiger charge is 2.37. The molecule has 2 unspecified atom stereocenters. The van der Waals surface area contributed by atoms with Crippen LogP contribution in [0.2, 0.25) is 10.0 Å². The molecule has 1 aliphatic rings. The summed E-state index contributed by atoms with van der Waals surface area (Å²) in [4.78, 5) is 0. The van der Waals surface area contributed by atoms with Gasteiger partial charge in [0.05, 0.1) is 16.7 Å². The molecule has 2 aromatic rings. The van der Waals surface area contributed by atoms with Gasteiger partial charge in [-0.1, -0.05) is 59.6 Å². The smallest absolute Gasteiger partial charge is 0.182 e. The Balaban J connectivity index is 1.67. The number of benzene rings is 2. The fourth-order valence-corrected chi connectivity index (χ4v) is 3.68. The van der Waals surface area contributed by atoms with E-state index in [4.69, 9.17) is 37.4 Å². The van der Waals surface area contributed by atoms with Crippen molar-refractivity contribution >= 4 is 23.2 Å². The lowest BCUT2D eigenvalue weighted by Crippen LogP contribution is -2.36. The van der Waals surface area contributed by atoms with Crippen molar-refractivity contribution in [3.63, 3.8) is 0 Å². The minimum Gasteiger partial charge on any atom is -0.377 e. The van der Waals surface area contributed by atoms with E-state index in [9.17, 15) is 5.26 Å². The number of halogens is 2. The third-order valence-corrected chi connectivity index (χ3v) is 5.71. The van der Waals surface area contributed by atoms with Crippen LogP contribution in [0.25, 0.3) is 0 Å². The van der Waals surface area contributed by atoms with Crippen LogP contribution in [0.5, 0.6) is 0 Å². The van der Waals surface area contributed by atoms with Gasteiger partial charge in [0.2, 0.25) is 0 Å². The third kappa shape index (κ3) is 6.18. The van der Waals surface area contributed by atoms with Crippen LogP contribution < -0.4 is 0 Å². The minimum absolute atomic E-state index is 0.400. The van der Waals surface area contributed by atoms with Crippen molar-refractivity contribution in [2.45, 2.75) is 50.6 Å². The molecule has 4 nitrogen and oxygen atoms in total. The number of nitriles is 1. The molecule has 0 aromatic heterocycles. The van der Waals surface area contributed by atoms with E-state index in [2.05, 4.69) is 6.07 Å². The second-order valence-electron chi connectivity index (χ2n) is 7.12. The van der Waals surface area contributed by atoms with Crippen molar-refractivity contribution in [3.05, 3.63) is 69.7 Å². The molecule has 0 aliphatic carbocycles. The molecule has 6 heteroatoms. The number of rotatable bonds is 9. The van der Waals surface area contributed by atoms with Crippen molar-refractivity contribution in [2.75, 3.05) is 13.2 Å². The number of ether oxygens (including phenoxy) is 3. The monoisotopic (exact) mass is 433 g/mol. The summed E-state index contributed by atoms with van der Waals surface area (Å²) in [5.41, 5.74) is 0.647. The molecule has 29 heavy (non-hydrogen) atoms. The summed E-state index contributed by atoms with van der Waals surface area (Å²) in [5.74, 6) is 0. The number of hydrogen-bond acceptors (Lipinski definition) is 4. The van der Waals surface area contributed by atoms with Crippen molar-refractivity contribution in [2.24, 2.45) is 0 Å². The Labute approximate surface area is 182 Å². The van der Waals surface area contributed by atoms with Gasteiger partial charge in [0.25, 0.3) is 0 Å². The van der Waals surface area contributed by atoms with Gasteiger partial charge in [-0.05, 0) is 55.4 Å². The highest BCUT2D eigenvalue weighted by Crippen LogP contribution is 2.37. The predicted molar refractivity (Wildman–Crippen MR) is 114 cm³/mol. The summed E-state index contributed by atoms with van der Waals surface area (Å²) < 4.78 is 17.8. The lowest BCUT2D eigenvalue weighted by atomic mass is 9.90. The second-order valence-corrected chi connectivity index (χ2v) is 7.94. The zero-order chi connectivity index (χ0) is 20.5. The summed E-state index contributed by atoms with van der Waals surface area (Å²) in [6.45, 7) is 1.71. The molecule has 3 rings (SSSR count). The highest BCUT2D eigenvalue weighted by molar-refractivity contribution is 6.42. The molecule has 1 heterocycles. The first kappa shape index (κ1) is 22.1. The molecule has 0 amide bonds. The Bertz CT molecular complexity index is 819. The Morgan fingerprint density at radius 3 is 2.62 bits per heavy atom. The van der Waals surface area contributed by atoms with Crippen LogP contribution in [0, 0.1) is 11.3 Å². The predicted octanol–water partition coefficient (Wildman–Crippen LogP) is 6.25. The van der Waals surface area contributed by atoms with E-state index in [1.54, 1.807) is 18.2 Å². The second kappa shape index (κ2) is 11.0. The Kier molecular flexibility index (Phi) is 8.35. The van der Waals surface area contributed by atoms with Crippen LogP contribution in [0.4, 0.5) is 0 Å². The maximum absolute atomic E-state index is 10.1. The normalized spacial score (nSPS) is 18.7. The molecule has 0 bridgehead atoms. The fourth-order valence-electron chi connectivity index (χ4n) is 3.38. The minimum atomic E-state index is -1.16. The molecule has 0 radical (unpaired) electrons. The molecule has 1 saturated heterocycles. The van der Waals surface area contributed by atoms with Crippen LogP contribution in [-0.4, -0.2) is 19.5 Å². The average Bonchev–Trinajstić information content (AvgIpc) is 2.76. The molecule has 0 saturated carbocycles. The Morgan fingerprint density at radius 1 is 1.10 bits per heavy atom. The van der Waals surface area contributed by atoms with Gasteiger partial charge in [-0.25, -0.2) is 0 Å².